The van der Waals surface area contributed by atoms with Crippen LogP contribution in [0.3, 0.4) is 0 Å². The van der Waals surface area contributed by atoms with Gasteiger partial charge in [0.2, 0.25) is 70.9 Å². The number of carbonyl (C=O) groups excluding carboxylic acids is 12. The lowest BCUT2D eigenvalue weighted by molar-refractivity contribution is -0.158. The molecular weight excluding hydrogens is 1340 g/mol. The maximum Gasteiger partial charge on any atom is 0.248 e. The summed E-state index contributed by atoms with van der Waals surface area (Å²) in [4.78, 5) is 193. The highest BCUT2D eigenvalue weighted by atomic mass is 35.5. The molecule has 2 unspecified atom stereocenters. The molecule has 2 saturated heterocycles. The topological polar surface area (TPSA) is 279 Å². The van der Waals surface area contributed by atoms with Crippen LogP contribution in [0.25, 0.3) is 0 Å². The Kier molecular flexibility index (Phi) is 28.6. The molecule has 572 valence electrons. The number of fused-ring (bicyclic) bond motifs is 3. The summed E-state index contributed by atoms with van der Waals surface area (Å²) in [6.07, 6.45) is 8.47. The first-order chi connectivity index (χ1) is 48.3. The largest absolute Gasteiger partial charge is 0.377 e. The van der Waals surface area contributed by atoms with Crippen molar-refractivity contribution in [2.24, 2.45) is 35.5 Å². The van der Waals surface area contributed by atoms with Gasteiger partial charge in [-0.15, -0.1) is 11.6 Å². The second-order valence-electron chi connectivity index (χ2n) is 31.4. The second-order valence-corrected chi connectivity index (χ2v) is 32.0. The number of nitrogens with one attached hydrogen (secondary N) is 3. The number of hydrogen-bond acceptors (Lipinski definition) is 13. The summed E-state index contributed by atoms with van der Waals surface area (Å²) in [5.74, 6) is -8.52. The van der Waals surface area contributed by atoms with E-state index in [9.17, 15) is 28.8 Å². The number of nitrogens with zero attached hydrogens (tertiary/aromatic N) is 9. The molecule has 0 aromatic rings. The molecule has 5 saturated carbocycles. The molecule has 8 aliphatic rings. The number of halogens is 3. The van der Waals surface area contributed by atoms with Crippen molar-refractivity contribution in [3.05, 3.63) is 12.2 Å². The quantitative estimate of drug-likeness (QED) is 0.162. The van der Waals surface area contributed by atoms with Crippen LogP contribution in [0.4, 0.5) is 8.78 Å². The molecule has 3 N–H and O–H groups in total. The van der Waals surface area contributed by atoms with Gasteiger partial charge in [-0.05, 0) is 126 Å². The zero-order valence-electron chi connectivity index (χ0n) is 62.5. The van der Waals surface area contributed by atoms with Gasteiger partial charge in [-0.25, -0.2) is 8.78 Å². The molecule has 5 aliphatic carbocycles. The monoisotopic (exact) mass is 1450 g/mol. The number of alkyl halides is 3. The van der Waals surface area contributed by atoms with Gasteiger partial charge in [0.25, 0.3) is 0 Å². The van der Waals surface area contributed by atoms with Crippen LogP contribution in [0.2, 0.25) is 0 Å². The van der Waals surface area contributed by atoms with Crippen LogP contribution in [-0.4, -0.2) is 282 Å². The minimum absolute atomic E-state index is 0.0116. The average molecular weight is 1460 g/mol. The molecule has 25 nitrogen and oxygen atoms in total. The third-order valence-corrected chi connectivity index (χ3v) is 24.4. The summed E-state index contributed by atoms with van der Waals surface area (Å²) in [6, 6.07) is -9.87. The van der Waals surface area contributed by atoms with E-state index < -0.39 is 186 Å². The average Bonchev–Trinajstić information content (AvgIpc) is 1.02. The molecular formula is C74H117ClF2N12O13. The predicted octanol–water partition coefficient (Wildman–Crippen LogP) is 4.99. The number of ether oxygens (including phenoxy) is 1. The molecule has 0 radical (unpaired) electrons. The smallest absolute Gasteiger partial charge is 0.248 e. The van der Waals surface area contributed by atoms with E-state index in [4.69, 9.17) is 16.3 Å². The summed E-state index contributed by atoms with van der Waals surface area (Å²) in [6.45, 7) is 6.62. The highest BCUT2D eigenvalue weighted by Crippen LogP contribution is 2.41. The van der Waals surface area contributed by atoms with Crippen LogP contribution in [0.15, 0.2) is 12.2 Å². The minimum atomic E-state index is -1.68. The molecule has 12 amide bonds. The molecule has 102 heavy (non-hydrogen) atoms. The summed E-state index contributed by atoms with van der Waals surface area (Å²) in [7, 11) is 11.7. The number of hydrogen-bond donors (Lipinski definition) is 3. The number of likely N-dealkylation sites (N-methyl/N-ethyl adjacent to an activating group) is 7. The first-order valence-corrected chi connectivity index (χ1v) is 38.2. The van der Waals surface area contributed by atoms with Gasteiger partial charge < -0.3 is 64.8 Å². The van der Waals surface area contributed by atoms with Crippen LogP contribution in [0.5, 0.6) is 0 Å². The van der Waals surface area contributed by atoms with Crippen molar-refractivity contribution in [2.75, 3.05) is 89.2 Å². The highest BCUT2D eigenvalue weighted by molar-refractivity contribution is 6.21. The van der Waals surface area contributed by atoms with E-state index in [-0.39, 0.29) is 95.7 Å². The minimum Gasteiger partial charge on any atom is -0.377 e. The molecule has 8 rings (SSSR count). The summed E-state index contributed by atoms with van der Waals surface area (Å²) in [5.41, 5.74) is -1.56. The number of amides is 12. The molecule has 3 aliphatic heterocycles. The van der Waals surface area contributed by atoms with E-state index in [1.54, 1.807) is 19.9 Å². The Labute approximate surface area is 607 Å². The fourth-order valence-electron chi connectivity index (χ4n) is 16.6. The number of carbonyl (C=O) groups is 12. The van der Waals surface area contributed by atoms with Gasteiger partial charge in [0.15, 0.2) is 0 Å². The summed E-state index contributed by atoms with van der Waals surface area (Å²) in [5, 5.41) is 7.48. The van der Waals surface area contributed by atoms with Crippen molar-refractivity contribution in [3.63, 3.8) is 0 Å². The third-order valence-electron chi connectivity index (χ3n) is 23.8. The first-order valence-electron chi connectivity index (χ1n) is 37.8. The molecule has 1 spiro atoms. The van der Waals surface area contributed by atoms with Gasteiger partial charge in [-0.1, -0.05) is 90.7 Å². The maximum atomic E-state index is 15.5. The fraction of sp³-hybridized carbons (Fsp3) is 0.811. The van der Waals surface area contributed by atoms with Crippen LogP contribution in [0.1, 0.15) is 182 Å². The first kappa shape index (κ1) is 81.2. The van der Waals surface area contributed by atoms with Crippen molar-refractivity contribution in [1.82, 2.24) is 60.0 Å². The van der Waals surface area contributed by atoms with Crippen LogP contribution < -0.4 is 16.0 Å². The molecule has 2 bridgehead atoms. The van der Waals surface area contributed by atoms with Crippen molar-refractivity contribution in [2.45, 2.75) is 259 Å². The predicted molar refractivity (Wildman–Crippen MR) is 379 cm³/mol. The molecule has 7 fully saturated rings. The fourth-order valence-corrected chi connectivity index (χ4v) is 16.8. The molecule has 3 heterocycles. The third kappa shape index (κ3) is 19.5. The summed E-state index contributed by atoms with van der Waals surface area (Å²) >= 11 is 6.12. The van der Waals surface area contributed by atoms with Gasteiger partial charge in [-0.3, -0.25) is 57.5 Å². The van der Waals surface area contributed by atoms with Crippen molar-refractivity contribution < 1.29 is 71.1 Å². The van der Waals surface area contributed by atoms with E-state index in [1.165, 1.54) is 100 Å². The zero-order chi connectivity index (χ0) is 74.8. The van der Waals surface area contributed by atoms with Gasteiger partial charge in [0.1, 0.15) is 66.2 Å². The Bertz CT molecular complexity index is 3040. The Morgan fingerprint density at radius 2 is 1.27 bits per heavy atom. The normalized spacial score (nSPS) is 33.5. The summed E-state index contributed by atoms with van der Waals surface area (Å²) < 4.78 is 36.7. The van der Waals surface area contributed by atoms with Gasteiger partial charge in [0.05, 0.1) is 31.0 Å². The van der Waals surface area contributed by atoms with E-state index in [2.05, 4.69) is 22.9 Å². The molecule has 12 atom stereocenters. The van der Waals surface area contributed by atoms with E-state index in [0.717, 1.165) is 51.4 Å². The SMILES string of the molecule is CCO[C@@H]1C[C@H]2C(=O)NC3(CCC3)C(=O)N(C)[C@@H](C3CCCC3)C(=O)N(C)[C@H](C(=O)N(C)C)CC(=O)N(C)[C@@H](CC3CC3)C(=O)N[C@@H]([C@@H](C)CC)C(=O)N(C)CC(=O)N(C)[C@H]3C/C=C\CCN(C3=O)[C@@H](CC3CCC(C)CC3)C(=O)N(C)CC(=O)N[C@@H](CCC3CC(F)C(Cl)C(F)C3)C(=O)N2C1. The second kappa shape index (κ2) is 36.0. The molecule has 28 heteroatoms. The van der Waals surface area contributed by atoms with Gasteiger partial charge >= 0.3 is 0 Å². The van der Waals surface area contributed by atoms with Gasteiger partial charge in [0, 0.05) is 82.5 Å². The van der Waals surface area contributed by atoms with E-state index in [0.29, 0.717) is 38.0 Å². The van der Waals surface area contributed by atoms with E-state index in [1.807, 2.05) is 13.0 Å². The molecule has 0 aromatic carbocycles. The Balaban J connectivity index is 1.18. The Hall–Kier alpha value is -6.51. The lowest BCUT2D eigenvalue weighted by Crippen LogP contribution is -2.68. The Morgan fingerprint density at radius 3 is 1.86 bits per heavy atom. The Morgan fingerprint density at radius 1 is 0.657 bits per heavy atom. The van der Waals surface area contributed by atoms with Gasteiger partial charge in [-0.2, -0.15) is 0 Å². The van der Waals surface area contributed by atoms with Crippen molar-refractivity contribution >= 4 is 82.5 Å². The van der Waals surface area contributed by atoms with E-state index >= 15 is 37.5 Å². The van der Waals surface area contributed by atoms with Crippen LogP contribution in [0, 0.1) is 35.5 Å². The maximum absolute atomic E-state index is 15.5. The lowest BCUT2D eigenvalue weighted by atomic mass is 9.74. The van der Waals surface area contributed by atoms with Crippen molar-refractivity contribution in [3.8, 4) is 0 Å². The highest BCUT2D eigenvalue weighted by Gasteiger charge is 2.54. The van der Waals surface area contributed by atoms with Crippen LogP contribution in [-0.2, 0) is 62.3 Å². The number of rotatable bonds is 13. The zero-order valence-corrected chi connectivity index (χ0v) is 63.3. The lowest BCUT2D eigenvalue weighted by Gasteiger charge is -2.46. The standard InChI is InChI=1S/C74H117ClF2N12O13/c1-13-45(4)63-71(99)83(8)43-61(92)84(9)54-23-16-15-19-34-88(70(54)98)58(38-46-26-24-44(3)25-27-46)69(97)82(7)42-59(90)78-53(31-30-48-35-51(76)62(75)52(77)36-48)67(95)89-41-50(102-14-2)39-56(89)66(94)80-74(32-20-33-74)73(101)87(12)64(49-21-17-18-22-49)72(100)86(11)57(68(96)81(5)6)40-60(91)85(10)55(65(93)79-63)37-47-28-29-47/h15-16,44-58,62-64H,13-14,17-43H2,1-12H3,(H,78,90)(H,79,93)(H,80,94)/b16-15-/t44?,45-,46?,48?,50+,51?,52?,53-,54-,55-,56-,57-,58-,62?,63-,64-/m0/s1. The molecule has 0 aromatic heterocycles. The van der Waals surface area contributed by atoms with Crippen molar-refractivity contribution in [1.29, 1.82) is 0 Å². The van der Waals surface area contributed by atoms with Crippen LogP contribution >= 0.6 is 11.6 Å².